The highest BCUT2D eigenvalue weighted by molar-refractivity contribution is 7.99. The van der Waals surface area contributed by atoms with Gasteiger partial charge in [0.25, 0.3) is 5.91 Å². The second-order valence-electron chi connectivity index (χ2n) is 4.57. The van der Waals surface area contributed by atoms with Gasteiger partial charge in [-0.25, -0.2) is 9.97 Å². The number of anilines is 1. The zero-order chi connectivity index (χ0) is 16.9. The highest BCUT2D eigenvalue weighted by atomic mass is 35.5. The van der Waals surface area contributed by atoms with Crippen molar-refractivity contribution < 1.29 is 4.79 Å². The molecule has 1 aromatic carbocycles. The van der Waals surface area contributed by atoms with Gasteiger partial charge in [0.15, 0.2) is 0 Å². The van der Waals surface area contributed by atoms with Crippen molar-refractivity contribution in [1.82, 2.24) is 15.0 Å². The molecular weight excluding hydrogens is 367 g/mol. The quantitative estimate of drug-likeness (QED) is 0.721. The molecule has 0 fully saturated rings. The molecule has 0 aliphatic rings. The summed E-state index contributed by atoms with van der Waals surface area (Å²) in [5.41, 5.74) is 0.814. The summed E-state index contributed by atoms with van der Waals surface area (Å²) < 4.78 is 0. The van der Waals surface area contributed by atoms with Crippen LogP contribution in [0, 0.1) is 0 Å². The predicted octanol–water partition coefficient (Wildman–Crippen LogP) is 4.58. The molecule has 24 heavy (non-hydrogen) atoms. The highest BCUT2D eigenvalue weighted by Gasteiger charge is 2.13. The van der Waals surface area contributed by atoms with E-state index in [1.54, 1.807) is 42.7 Å². The molecule has 120 valence electrons. The maximum Gasteiger partial charge on any atom is 0.274 e. The number of hydrogen-bond donors (Lipinski definition) is 1. The molecule has 8 heteroatoms. The lowest BCUT2D eigenvalue weighted by Crippen LogP contribution is -2.13. The van der Waals surface area contributed by atoms with Crippen molar-refractivity contribution in [3.63, 3.8) is 0 Å². The van der Waals surface area contributed by atoms with Gasteiger partial charge >= 0.3 is 0 Å². The standard InChI is InChI=1S/C16H10Cl2N4OS/c17-13-8-21-14(9-20-13)24-12-6-3-5-10(15(12)18)22-16(23)11-4-1-2-7-19-11/h1-9H,(H,22,23). The lowest BCUT2D eigenvalue weighted by Gasteiger charge is -2.10. The first kappa shape index (κ1) is 16.7. The van der Waals surface area contributed by atoms with Gasteiger partial charge in [-0.15, -0.1) is 0 Å². The molecular formula is C16H10Cl2N4OS. The molecule has 2 heterocycles. The second kappa shape index (κ2) is 7.61. The topological polar surface area (TPSA) is 67.8 Å². The Morgan fingerprint density at radius 2 is 1.88 bits per heavy atom. The fourth-order valence-corrected chi connectivity index (χ4v) is 3.00. The van der Waals surface area contributed by atoms with Crippen LogP contribution in [-0.4, -0.2) is 20.9 Å². The molecule has 0 atom stereocenters. The van der Waals surface area contributed by atoms with E-state index in [9.17, 15) is 4.79 Å². The number of aromatic nitrogens is 3. The minimum Gasteiger partial charge on any atom is -0.319 e. The molecule has 0 saturated heterocycles. The third-order valence-electron chi connectivity index (χ3n) is 2.92. The van der Waals surface area contributed by atoms with Crippen LogP contribution in [-0.2, 0) is 0 Å². The first-order chi connectivity index (χ1) is 11.6. The molecule has 3 aromatic rings. The summed E-state index contributed by atoms with van der Waals surface area (Å²) in [5, 5.41) is 4.15. The van der Waals surface area contributed by atoms with Crippen LogP contribution in [0.2, 0.25) is 10.2 Å². The fraction of sp³-hybridized carbons (Fsp3) is 0. The minimum absolute atomic E-state index is 0.315. The van der Waals surface area contributed by atoms with Crippen molar-refractivity contribution in [2.75, 3.05) is 5.32 Å². The summed E-state index contributed by atoms with van der Waals surface area (Å²) >= 11 is 13.4. The maximum absolute atomic E-state index is 12.2. The highest BCUT2D eigenvalue weighted by Crippen LogP contribution is 2.36. The van der Waals surface area contributed by atoms with Crippen LogP contribution in [0.4, 0.5) is 5.69 Å². The molecule has 0 radical (unpaired) electrons. The van der Waals surface area contributed by atoms with Gasteiger partial charge in [0.05, 0.1) is 23.1 Å². The van der Waals surface area contributed by atoms with Crippen LogP contribution >= 0.6 is 35.0 Å². The summed E-state index contributed by atoms with van der Waals surface area (Å²) in [6.07, 6.45) is 4.58. The van der Waals surface area contributed by atoms with Crippen LogP contribution in [0.5, 0.6) is 0 Å². The van der Waals surface area contributed by atoms with Gasteiger partial charge < -0.3 is 5.32 Å². The third-order valence-corrected chi connectivity index (χ3v) is 4.61. The van der Waals surface area contributed by atoms with E-state index < -0.39 is 0 Å². The van der Waals surface area contributed by atoms with Crippen LogP contribution < -0.4 is 5.32 Å². The molecule has 0 unspecified atom stereocenters. The third kappa shape index (κ3) is 4.03. The Labute approximate surface area is 152 Å². The number of benzene rings is 1. The predicted molar refractivity (Wildman–Crippen MR) is 94.8 cm³/mol. The van der Waals surface area contributed by atoms with Crippen molar-refractivity contribution >= 4 is 46.6 Å². The molecule has 0 bridgehead atoms. The Morgan fingerprint density at radius 3 is 2.58 bits per heavy atom. The summed E-state index contributed by atoms with van der Waals surface area (Å²) in [5.74, 6) is -0.328. The van der Waals surface area contributed by atoms with Crippen LogP contribution in [0.3, 0.4) is 0 Å². The molecule has 2 aromatic heterocycles. The number of amides is 1. The lowest BCUT2D eigenvalue weighted by atomic mass is 10.3. The van der Waals surface area contributed by atoms with E-state index in [2.05, 4.69) is 20.3 Å². The molecule has 0 spiro atoms. The Morgan fingerprint density at radius 1 is 1.00 bits per heavy atom. The van der Waals surface area contributed by atoms with E-state index in [4.69, 9.17) is 23.2 Å². The molecule has 1 N–H and O–H groups in total. The summed E-state index contributed by atoms with van der Waals surface area (Å²) in [4.78, 5) is 25.1. The number of pyridine rings is 1. The summed E-state index contributed by atoms with van der Waals surface area (Å²) in [6.45, 7) is 0. The van der Waals surface area contributed by atoms with E-state index in [-0.39, 0.29) is 5.91 Å². The number of nitrogens with one attached hydrogen (secondary N) is 1. The maximum atomic E-state index is 12.2. The first-order valence-electron chi connectivity index (χ1n) is 6.80. The van der Waals surface area contributed by atoms with Gasteiger partial charge in [0, 0.05) is 11.1 Å². The van der Waals surface area contributed by atoms with Gasteiger partial charge in [0.2, 0.25) is 0 Å². The molecule has 0 aliphatic heterocycles. The van der Waals surface area contributed by atoms with Crippen molar-refractivity contribution in [3.05, 3.63) is 70.9 Å². The van der Waals surface area contributed by atoms with Crippen molar-refractivity contribution in [2.24, 2.45) is 0 Å². The van der Waals surface area contributed by atoms with Crippen LogP contribution in [0.1, 0.15) is 10.5 Å². The minimum atomic E-state index is -0.328. The first-order valence-corrected chi connectivity index (χ1v) is 8.37. The average Bonchev–Trinajstić information content (AvgIpc) is 2.61. The molecule has 0 aliphatic carbocycles. The van der Waals surface area contributed by atoms with E-state index in [1.807, 2.05) is 6.07 Å². The van der Waals surface area contributed by atoms with Gasteiger partial charge in [-0.1, -0.05) is 47.1 Å². The second-order valence-corrected chi connectivity index (χ2v) is 6.39. The molecule has 5 nitrogen and oxygen atoms in total. The Hall–Kier alpha value is -2.15. The number of carbonyl (C=O) groups excluding carboxylic acids is 1. The fourth-order valence-electron chi connectivity index (χ4n) is 1.84. The number of halogens is 2. The number of carbonyl (C=O) groups is 1. The van der Waals surface area contributed by atoms with Crippen molar-refractivity contribution in [1.29, 1.82) is 0 Å². The van der Waals surface area contributed by atoms with Gasteiger partial charge in [-0.2, -0.15) is 0 Å². The Bertz CT molecular complexity index is 860. The van der Waals surface area contributed by atoms with E-state index in [1.165, 1.54) is 18.0 Å². The monoisotopic (exact) mass is 376 g/mol. The molecule has 3 rings (SSSR count). The number of hydrogen-bond acceptors (Lipinski definition) is 5. The van der Waals surface area contributed by atoms with Crippen LogP contribution in [0.15, 0.2) is 64.9 Å². The van der Waals surface area contributed by atoms with E-state index in [0.29, 0.717) is 26.6 Å². The van der Waals surface area contributed by atoms with E-state index >= 15 is 0 Å². The summed E-state index contributed by atoms with van der Waals surface area (Å²) in [7, 11) is 0. The lowest BCUT2D eigenvalue weighted by molar-refractivity contribution is 0.102. The Balaban J connectivity index is 1.80. The normalized spacial score (nSPS) is 10.4. The van der Waals surface area contributed by atoms with Crippen molar-refractivity contribution in [2.45, 2.75) is 9.92 Å². The smallest absolute Gasteiger partial charge is 0.274 e. The average molecular weight is 377 g/mol. The largest absolute Gasteiger partial charge is 0.319 e. The van der Waals surface area contributed by atoms with Gasteiger partial charge in [-0.05, 0) is 24.3 Å². The van der Waals surface area contributed by atoms with Crippen LogP contribution in [0.25, 0.3) is 0 Å². The van der Waals surface area contributed by atoms with Gasteiger partial charge in [0.1, 0.15) is 15.9 Å². The Kier molecular flexibility index (Phi) is 5.30. The van der Waals surface area contributed by atoms with E-state index in [0.717, 1.165) is 4.90 Å². The molecule has 0 saturated carbocycles. The summed E-state index contributed by atoms with van der Waals surface area (Å²) in [6, 6.07) is 10.5. The zero-order valence-corrected chi connectivity index (χ0v) is 14.4. The SMILES string of the molecule is O=C(Nc1cccc(Sc2cnc(Cl)cn2)c1Cl)c1ccccn1. The zero-order valence-electron chi connectivity index (χ0n) is 12.1. The van der Waals surface area contributed by atoms with Gasteiger partial charge in [-0.3, -0.25) is 9.78 Å². The van der Waals surface area contributed by atoms with Crippen molar-refractivity contribution in [3.8, 4) is 0 Å². The number of rotatable bonds is 4. The number of nitrogens with zero attached hydrogens (tertiary/aromatic N) is 3. The molecule has 1 amide bonds.